The second-order valence-electron chi connectivity index (χ2n) is 7.75. The highest BCUT2D eigenvalue weighted by molar-refractivity contribution is 8.04. The third kappa shape index (κ3) is 4.49. The van der Waals surface area contributed by atoms with Crippen molar-refractivity contribution in [1.29, 1.82) is 0 Å². The molecular weight excluding hydrogens is 456 g/mol. The maximum atomic E-state index is 13.6. The van der Waals surface area contributed by atoms with Crippen molar-refractivity contribution in [3.05, 3.63) is 93.0 Å². The average molecular weight is 479 g/mol. The predicted octanol–water partition coefficient (Wildman–Crippen LogP) is 6.26. The summed E-state index contributed by atoms with van der Waals surface area (Å²) >= 11 is 7.45. The molecule has 7 heteroatoms. The molecule has 0 bridgehead atoms. The van der Waals surface area contributed by atoms with Gasteiger partial charge in [0.25, 0.3) is 11.8 Å². The molecule has 1 N–H and O–H groups in total. The minimum absolute atomic E-state index is 0.223. The summed E-state index contributed by atoms with van der Waals surface area (Å²) in [7, 11) is 1.49. The molecule has 0 aromatic heterocycles. The standard InChI is InChI=1S/C26H23ClN2O3S/c1-15-8-11-19(12-9-15)33-24-23(28-20-7-5-6-16(2)17(20)3)25(30)29(26(24)31)21-14-18(27)10-13-22(21)32-4/h5-14,28H,1-4H3. The van der Waals surface area contributed by atoms with Crippen LogP contribution < -0.4 is 15.0 Å². The quantitative estimate of drug-likeness (QED) is 0.423. The van der Waals surface area contributed by atoms with Crippen molar-refractivity contribution >= 4 is 46.6 Å². The molecule has 4 rings (SSSR count). The van der Waals surface area contributed by atoms with Gasteiger partial charge in [-0.2, -0.15) is 0 Å². The van der Waals surface area contributed by atoms with Crippen LogP contribution in [0.25, 0.3) is 0 Å². The number of hydrogen-bond donors (Lipinski definition) is 1. The van der Waals surface area contributed by atoms with Gasteiger partial charge < -0.3 is 10.1 Å². The Kier molecular flexibility index (Phi) is 6.49. The van der Waals surface area contributed by atoms with Gasteiger partial charge in [-0.15, -0.1) is 0 Å². The highest BCUT2D eigenvalue weighted by Gasteiger charge is 2.41. The van der Waals surface area contributed by atoms with E-state index in [-0.39, 0.29) is 5.70 Å². The Balaban J connectivity index is 1.81. The lowest BCUT2D eigenvalue weighted by molar-refractivity contribution is -0.120. The first kappa shape index (κ1) is 23.0. The largest absolute Gasteiger partial charge is 0.495 e. The molecule has 1 heterocycles. The Morgan fingerprint density at radius 1 is 0.939 bits per heavy atom. The third-order valence-electron chi connectivity index (χ3n) is 5.53. The summed E-state index contributed by atoms with van der Waals surface area (Å²) in [5.74, 6) is -0.510. The van der Waals surface area contributed by atoms with Gasteiger partial charge in [-0.25, -0.2) is 4.90 Å². The summed E-state index contributed by atoms with van der Waals surface area (Å²) in [5, 5.41) is 3.63. The number of halogens is 1. The first-order valence-electron chi connectivity index (χ1n) is 10.3. The van der Waals surface area contributed by atoms with Gasteiger partial charge in [0.05, 0.1) is 12.8 Å². The molecule has 0 fully saturated rings. The summed E-state index contributed by atoms with van der Waals surface area (Å²) in [6.45, 7) is 5.98. The molecule has 168 valence electrons. The van der Waals surface area contributed by atoms with Crippen LogP contribution in [0.5, 0.6) is 5.75 Å². The van der Waals surface area contributed by atoms with E-state index in [1.54, 1.807) is 18.2 Å². The second kappa shape index (κ2) is 9.33. The van der Waals surface area contributed by atoms with Crippen molar-refractivity contribution in [2.24, 2.45) is 0 Å². The molecule has 33 heavy (non-hydrogen) atoms. The lowest BCUT2D eigenvalue weighted by Gasteiger charge is -2.19. The zero-order valence-corrected chi connectivity index (χ0v) is 20.3. The fourth-order valence-electron chi connectivity index (χ4n) is 3.52. The monoisotopic (exact) mass is 478 g/mol. The molecule has 0 saturated heterocycles. The van der Waals surface area contributed by atoms with E-state index in [2.05, 4.69) is 5.32 Å². The number of aryl methyl sites for hydroxylation is 2. The zero-order valence-electron chi connectivity index (χ0n) is 18.7. The van der Waals surface area contributed by atoms with E-state index in [0.717, 1.165) is 32.2 Å². The number of anilines is 2. The number of rotatable bonds is 6. The minimum atomic E-state index is -0.462. The van der Waals surface area contributed by atoms with Gasteiger partial charge in [0, 0.05) is 15.6 Å². The highest BCUT2D eigenvalue weighted by atomic mass is 35.5. The Labute approximate surface area is 202 Å². The number of imide groups is 1. The van der Waals surface area contributed by atoms with Gasteiger partial charge in [0.2, 0.25) is 0 Å². The van der Waals surface area contributed by atoms with E-state index in [4.69, 9.17) is 16.3 Å². The van der Waals surface area contributed by atoms with E-state index >= 15 is 0 Å². The van der Waals surface area contributed by atoms with Crippen LogP contribution in [-0.2, 0) is 9.59 Å². The number of nitrogens with zero attached hydrogens (tertiary/aromatic N) is 1. The fraction of sp³-hybridized carbons (Fsp3) is 0.154. The Morgan fingerprint density at radius 2 is 1.67 bits per heavy atom. The van der Waals surface area contributed by atoms with E-state index in [1.165, 1.54) is 18.9 Å². The van der Waals surface area contributed by atoms with Gasteiger partial charge in [-0.1, -0.05) is 53.2 Å². The zero-order chi connectivity index (χ0) is 23.7. The van der Waals surface area contributed by atoms with E-state index in [9.17, 15) is 9.59 Å². The molecule has 1 aliphatic rings. The molecule has 3 aromatic rings. The molecule has 0 atom stereocenters. The number of carbonyl (C=O) groups excluding carboxylic acids is 2. The summed E-state index contributed by atoms with van der Waals surface area (Å²) in [4.78, 5) is 29.5. The molecule has 0 radical (unpaired) electrons. The maximum Gasteiger partial charge on any atom is 0.283 e. The van der Waals surface area contributed by atoms with Crippen molar-refractivity contribution in [2.45, 2.75) is 25.7 Å². The topological polar surface area (TPSA) is 58.6 Å². The van der Waals surface area contributed by atoms with Crippen molar-refractivity contribution in [3.8, 4) is 5.75 Å². The number of hydrogen-bond acceptors (Lipinski definition) is 5. The molecule has 2 amide bonds. The number of nitrogens with one attached hydrogen (secondary N) is 1. The molecular formula is C26H23ClN2O3S. The van der Waals surface area contributed by atoms with E-state index in [1.807, 2.05) is 63.2 Å². The van der Waals surface area contributed by atoms with Gasteiger partial charge in [-0.05, 0) is 68.3 Å². The maximum absolute atomic E-state index is 13.6. The van der Waals surface area contributed by atoms with Gasteiger partial charge in [0.15, 0.2) is 0 Å². The molecule has 0 unspecified atom stereocenters. The van der Waals surface area contributed by atoms with Crippen LogP contribution in [0.15, 0.2) is 76.2 Å². The first-order valence-corrected chi connectivity index (χ1v) is 11.5. The Morgan fingerprint density at radius 3 is 2.36 bits per heavy atom. The molecule has 0 spiro atoms. The number of carbonyl (C=O) groups is 2. The molecule has 0 saturated carbocycles. The summed E-state index contributed by atoms with van der Waals surface area (Å²) in [5.41, 5.74) is 4.50. The normalized spacial score (nSPS) is 13.7. The van der Waals surface area contributed by atoms with Gasteiger partial charge in [-0.3, -0.25) is 9.59 Å². The third-order valence-corrected chi connectivity index (χ3v) is 6.85. The number of amides is 2. The fourth-order valence-corrected chi connectivity index (χ4v) is 4.61. The lowest BCUT2D eigenvalue weighted by atomic mass is 10.1. The number of methoxy groups -OCH3 is 1. The number of thioether (sulfide) groups is 1. The highest BCUT2D eigenvalue weighted by Crippen LogP contribution is 2.41. The molecule has 3 aromatic carbocycles. The number of benzene rings is 3. The van der Waals surface area contributed by atoms with Crippen LogP contribution in [0.4, 0.5) is 11.4 Å². The minimum Gasteiger partial charge on any atom is -0.495 e. The summed E-state index contributed by atoms with van der Waals surface area (Å²) in [6, 6.07) is 18.5. The Bertz CT molecular complexity index is 1290. The van der Waals surface area contributed by atoms with Crippen LogP contribution in [0.3, 0.4) is 0 Å². The summed E-state index contributed by atoms with van der Waals surface area (Å²) < 4.78 is 5.41. The molecule has 5 nitrogen and oxygen atoms in total. The molecule has 0 aliphatic carbocycles. The smallest absolute Gasteiger partial charge is 0.283 e. The van der Waals surface area contributed by atoms with E-state index in [0.29, 0.717) is 21.4 Å². The van der Waals surface area contributed by atoms with Crippen LogP contribution in [0, 0.1) is 20.8 Å². The summed E-state index contributed by atoms with van der Waals surface area (Å²) in [6.07, 6.45) is 0. The van der Waals surface area contributed by atoms with Crippen molar-refractivity contribution in [3.63, 3.8) is 0 Å². The van der Waals surface area contributed by atoms with Crippen LogP contribution >= 0.6 is 23.4 Å². The van der Waals surface area contributed by atoms with Crippen molar-refractivity contribution in [1.82, 2.24) is 0 Å². The second-order valence-corrected chi connectivity index (χ2v) is 9.27. The predicted molar refractivity (Wildman–Crippen MR) is 134 cm³/mol. The van der Waals surface area contributed by atoms with Crippen LogP contribution in [0.1, 0.15) is 16.7 Å². The van der Waals surface area contributed by atoms with Crippen LogP contribution in [-0.4, -0.2) is 18.9 Å². The lowest BCUT2D eigenvalue weighted by Crippen LogP contribution is -2.32. The SMILES string of the molecule is COc1ccc(Cl)cc1N1C(=O)C(Nc2cccc(C)c2C)=C(Sc2ccc(C)cc2)C1=O. The van der Waals surface area contributed by atoms with Gasteiger partial charge in [0.1, 0.15) is 16.4 Å². The Hall–Kier alpha value is -3.22. The first-order chi connectivity index (χ1) is 15.8. The van der Waals surface area contributed by atoms with E-state index < -0.39 is 11.8 Å². The van der Waals surface area contributed by atoms with Crippen LogP contribution in [0.2, 0.25) is 5.02 Å². The van der Waals surface area contributed by atoms with Crippen molar-refractivity contribution in [2.75, 3.05) is 17.3 Å². The van der Waals surface area contributed by atoms with Crippen molar-refractivity contribution < 1.29 is 14.3 Å². The average Bonchev–Trinajstić information content (AvgIpc) is 3.02. The molecule has 1 aliphatic heterocycles. The number of ether oxygens (including phenoxy) is 1. The van der Waals surface area contributed by atoms with Gasteiger partial charge >= 0.3 is 0 Å².